The Kier molecular flexibility index (Phi) is 5.44. The number of rotatable bonds is 5. The van der Waals surface area contributed by atoms with E-state index in [2.05, 4.69) is 31.0 Å². The molecule has 2 N–H and O–H groups in total. The summed E-state index contributed by atoms with van der Waals surface area (Å²) in [6.07, 6.45) is 5.82. The SMILES string of the molecule is COc1ccccc1CC(C)N(C)C1CCC(N)CC1. The standard InChI is InChI=1S/C17H28N2O/c1-13(12-14-6-4-5-7-17(14)20-3)19(2)16-10-8-15(18)9-11-16/h4-7,13,15-16H,8-12,18H2,1-3H3. The smallest absolute Gasteiger partial charge is 0.122 e. The lowest BCUT2D eigenvalue weighted by Crippen LogP contribution is -2.43. The number of methoxy groups -OCH3 is 1. The molecule has 1 aromatic rings. The summed E-state index contributed by atoms with van der Waals surface area (Å²) in [5.41, 5.74) is 7.29. The molecule has 0 radical (unpaired) electrons. The van der Waals surface area contributed by atoms with Crippen LogP contribution in [0.1, 0.15) is 38.2 Å². The number of benzene rings is 1. The van der Waals surface area contributed by atoms with Crippen LogP contribution >= 0.6 is 0 Å². The Morgan fingerprint density at radius 2 is 1.90 bits per heavy atom. The van der Waals surface area contributed by atoms with Crippen molar-refractivity contribution in [3.05, 3.63) is 29.8 Å². The minimum absolute atomic E-state index is 0.421. The van der Waals surface area contributed by atoms with Crippen molar-refractivity contribution in [2.75, 3.05) is 14.2 Å². The Balaban J connectivity index is 1.95. The molecule has 0 bridgehead atoms. The largest absolute Gasteiger partial charge is 0.496 e. The molecule has 0 heterocycles. The third-order valence-corrected chi connectivity index (χ3v) is 4.72. The first kappa shape index (κ1) is 15.3. The summed E-state index contributed by atoms with van der Waals surface area (Å²) in [5.74, 6) is 0.999. The Morgan fingerprint density at radius 1 is 1.25 bits per heavy atom. The van der Waals surface area contributed by atoms with E-state index in [1.54, 1.807) is 7.11 Å². The lowest BCUT2D eigenvalue weighted by Gasteiger charge is -2.37. The van der Waals surface area contributed by atoms with Crippen molar-refractivity contribution in [3.8, 4) is 5.75 Å². The van der Waals surface area contributed by atoms with Crippen molar-refractivity contribution >= 4 is 0 Å². The van der Waals surface area contributed by atoms with Crippen LogP contribution in [0.4, 0.5) is 0 Å². The molecule has 0 aliphatic heterocycles. The highest BCUT2D eigenvalue weighted by atomic mass is 16.5. The number of nitrogens with zero attached hydrogens (tertiary/aromatic N) is 1. The van der Waals surface area contributed by atoms with Gasteiger partial charge in [-0.2, -0.15) is 0 Å². The van der Waals surface area contributed by atoms with Crippen molar-refractivity contribution in [1.29, 1.82) is 0 Å². The Labute approximate surface area is 123 Å². The van der Waals surface area contributed by atoms with Crippen LogP contribution in [-0.4, -0.2) is 37.2 Å². The summed E-state index contributed by atoms with van der Waals surface area (Å²) in [5, 5.41) is 0. The van der Waals surface area contributed by atoms with Crippen molar-refractivity contribution < 1.29 is 4.74 Å². The van der Waals surface area contributed by atoms with E-state index in [0.29, 0.717) is 18.1 Å². The predicted octanol–water partition coefficient (Wildman–Crippen LogP) is 2.83. The highest BCUT2D eigenvalue weighted by Crippen LogP contribution is 2.25. The summed E-state index contributed by atoms with van der Waals surface area (Å²) < 4.78 is 5.45. The molecule has 1 aliphatic rings. The highest BCUT2D eigenvalue weighted by molar-refractivity contribution is 5.33. The van der Waals surface area contributed by atoms with Gasteiger partial charge in [0.2, 0.25) is 0 Å². The van der Waals surface area contributed by atoms with Crippen LogP contribution in [-0.2, 0) is 6.42 Å². The molecule has 0 saturated heterocycles. The fourth-order valence-corrected chi connectivity index (χ4v) is 3.20. The van der Waals surface area contributed by atoms with Gasteiger partial charge in [-0.3, -0.25) is 0 Å². The maximum atomic E-state index is 6.00. The van der Waals surface area contributed by atoms with Gasteiger partial charge < -0.3 is 15.4 Å². The van der Waals surface area contributed by atoms with Gasteiger partial charge in [-0.25, -0.2) is 0 Å². The average molecular weight is 276 g/mol. The number of nitrogens with two attached hydrogens (primary N) is 1. The Bertz CT molecular complexity index is 413. The second-order valence-electron chi connectivity index (χ2n) is 6.10. The molecule has 1 atom stereocenters. The first-order valence-electron chi connectivity index (χ1n) is 7.71. The first-order valence-corrected chi connectivity index (χ1v) is 7.71. The zero-order valence-electron chi connectivity index (χ0n) is 13.0. The lowest BCUT2D eigenvalue weighted by molar-refractivity contribution is 0.139. The first-order chi connectivity index (χ1) is 9.61. The normalized spacial score (nSPS) is 24.6. The van der Waals surface area contributed by atoms with Crippen molar-refractivity contribution in [1.82, 2.24) is 4.90 Å². The number of likely N-dealkylation sites (N-methyl/N-ethyl adjacent to an activating group) is 1. The van der Waals surface area contributed by atoms with Crippen LogP contribution < -0.4 is 10.5 Å². The van der Waals surface area contributed by atoms with Gasteiger partial charge in [-0.15, -0.1) is 0 Å². The summed E-state index contributed by atoms with van der Waals surface area (Å²) in [4.78, 5) is 2.53. The van der Waals surface area contributed by atoms with Gasteiger partial charge in [0.1, 0.15) is 5.75 Å². The minimum atomic E-state index is 0.421. The molecule has 1 aromatic carbocycles. The molecule has 1 aliphatic carbocycles. The molecule has 2 rings (SSSR count). The molecule has 0 aromatic heterocycles. The average Bonchev–Trinajstić information content (AvgIpc) is 2.48. The molecule has 3 nitrogen and oxygen atoms in total. The van der Waals surface area contributed by atoms with Gasteiger partial charge in [0, 0.05) is 18.1 Å². The van der Waals surface area contributed by atoms with Gasteiger partial charge in [0.25, 0.3) is 0 Å². The molecule has 0 amide bonds. The number of para-hydroxylation sites is 1. The fourth-order valence-electron chi connectivity index (χ4n) is 3.20. The van der Waals surface area contributed by atoms with Crippen molar-refractivity contribution in [2.45, 2.75) is 57.2 Å². The third kappa shape index (κ3) is 3.74. The number of hydrogen-bond acceptors (Lipinski definition) is 3. The van der Waals surface area contributed by atoms with Crippen molar-refractivity contribution in [2.24, 2.45) is 5.73 Å². The van der Waals surface area contributed by atoms with Gasteiger partial charge >= 0.3 is 0 Å². The molecule has 112 valence electrons. The van der Waals surface area contributed by atoms with Crippen molar-refractivity contribution in [3.63, 3.8) is 0 Å². The second kappa shape index (κ2) is 7.09. The monoisotopic (exact) mass is 276 g/mol. The van der Waals surface area contributed by atoms with Crippen LogP contribution in [0.15, 0.2) is 24.3 Å². The second-order valence-corrected chi connectivity index (χ2v) is 6.10. The van der Waals surface area contributed by atoms with E-state index in [0.717, 1.165) is 25.0 Å². The maximum absolute atomic E-state index is 6.00. The molecular formula is C17H28N2O. The topological polar surface area (TPSA) is 38.5 Å². The zero-order valence-corrected chi connectivity index (χ0v) is 13.0. The van der Waals surface area contributed by atoms with Crippen LogP contribution in [0.2, 0.25) is 0 Å². The van der Waals surface area contributed by atoms with Crippen LogP contribution in [0.3, 0.4) is 0 Å². The predicted molar refractivity (Wildman–Crippen MR) is 84.2 cm³/mol. The van der Waals surface area contributed by atoms with Crippen LogP contribution in [0.5, 0.6) is 5.75 Å². The molecular weight excluding hydrogens is 248 g/mol. The van der Waals surface area contributed by atoms with E-state index in [1.165, 1.54) is 18.4 Å². The maximum Gasteiger partial charge on any atom is 0.122 e. The summed E-state index contributed by atoms with van der Waals surface area (Å²) in [7, 11) is 4.00. The quantitative estimate of drug-likeness (QED) is 0.898. The highest BCUT2D eigenvalue weighted by Gasteiger charge is 2.25. The fraction of sp³-hybridized carbons (Fsp3) is 0.647. The molecule has 20 heavy (non-hydrogen) atoms. The van der Waals surface area contributed by atoms with E-state index in [9.17, 15) is 0 Å². The number of ether oxygens (including phenoxy) is 1. The van der Waals surface area contributed by atoms with Crippen LogP contribution in [0.25, 0.3) is 0 Å². The van der Waals surface area contributed by atoms with Gasteiger partial charge in [0.15, 0.2) is 0 Å². The van der Waals surface area contributed by atoms with E-state index in [1.807, 2.05) is 12.1 Å². The summed E-state index contributed by atoms with van der Waals surface area (Å²) in [6, 6.07) is 9.94. The van der Waals surface area contributed by atoms with Gasteiger partial charge in [0.05, 0.1) is 7.11 Å². The van der Waals surface area contributed by atoms with E-state index < -0.39 is 0 Å². The molecule has 1 fully saturated rings. The molecule has 1 saturated carbocycles. The van der Waals surface area contributed by atoms with E-state index in [4.69, 9.17) is 10.5 Å². The number of hydrogen-bond donors (Lipinski definition) is 1. The van der Waals surface area contributed by atoms with Crippen LogP contribution in [0, 0.1) is 0 Å². The molecule has 1 unspecified atom stereocenters. The lowest BCUT2D eigenvalue weighted by atomic mass is 9.90. The Morgan fingerprint density at radius 3 is 2.55 bits per heavy atom. The van der Waals surface area contributed by atoms with Gasteiger partial charge in [-0.1, -0.05) is 18.2 Å². The Hall–Kier alpha value is -1.06. The van der Waals surface area contributed by atoms with E-state index >= 15 is 0 Å². The van der Waals surface area contributed by atoms with E-state index in [-0.39, 0.29) is 0 Å². The summed E-state index contributed by atoms with van der Waals surface area (Å²) >= 11 is 0. The molecule has 0 spiro atoms. The summed E-state index contributed by atoms with van der Waals surface area (Å²) in [6.45, 7) is 2.31. The van der Waals surface area contributed by atoms with Gasteiger partial charge in [-0.05, 0) is 57.7 Å². The zero-order chi connectivity index (χ0) is 14.5. The minimum Gasteiger partial charge on any atom is -0.496 e. The third-order valence-electron chi connectivity index (χ3n) is 4.72. The molecule has 3 heteroatoms.